The van der Waals surface area contributed by atoms with Crippen LogP contribution in [0.1, 0.15) is 5.56 Å². The number of rotatable bonds is 3. The molecule has 3 rings (SSSR count). The van der Waals surface area contributed by atoms with E-state index < -0.39 is 4.92 Å². The maximum atomic E-state index is 10.8. The standard InChI is InChI=1S/C16H15N5O2/c17-12-13-11-14(21(22)23)4-5-15(13)19-7-9-20(10-8-19)16-3-1-2-6-18-16/h1-6,11H,7-10H2. The molecule has 0 atom stereocenters. The van der Waals surface area contributed by atoms with Crippen molar-refractivity contribution in [1.82, 2.24) is 4.98 Å². The van der Waals surface area contributed by atoms with Crippen molar-refractivity contribution in [3.8, 4) is 6.07 Å². The molecule has 7 nitrogen and oxygen atoms in total. The Morgan fingerprint density at radius 1 is 1.13 bits per heavy atom. The van der Waals surface area contributed by atoms with Crippen molar-refractivity contribution < 1.29 is 4.92 Å². The summed E-state index contributed by atoms with van der Waals surface area (Å²) in [6.45, 7) is 3.06. The zero-order valence-electron chi connectivity index (χ0n) is 12.4. The number of anilines is 2. The highest BCUT2D eigenvalue weighted by Gasteiger charge is 2.21. The third kappa shape index (κ3) is 3.06. The second-order valence-electron chi connectivity index (χ2n) is 5.23. The van der Waals surface area contributed by atoms with Crippen molar-refractivity contribution in [2.75, 3.05) is 36.0 Å². The van der Waals surface area contributed by atoms with E-state index in [1.165, 1.54) is 12.1 Å². The number of aromatic nitrogens is 1. The van der Waals surface area contributed by atoms with E-state index in [4.69, 9.17) is 0 Å². The number of nitro groups is 1. The van der Waals surface area contributed by atoms with E-state index in [0.29, 0.717) is 5.56 Å². The summed E-state index contributed by atoms with van der Waals surface area (Å²) >= 11 is 0. The van der Waals surface area contributed by atoms with Gasteiger partial charge < -0.3 is 9.80 Å². The van der Waals surface area contributed by atoms with Crippen LogP contribution in [0.5, 0.6) is 0 Å². The summed E-state index contributed by atoms with van der Waals surface area (Å²) in [6, 6.07) is 12.3. The third-order valence-electron chi connectivity index (χ3n) is 3.91. The van der Waals surface area contributed by atoms with Crippen LogP contribution in [0.25, 0.3) is 0 Å². The van der Waals surface area contributed by atoms with Gasteiger partial charge in [0, 0.05) is 44.5 Å². The summed E-state index contributed by atoms with van der Waals surface area (Å²) < 4.78 is 0. The van der Waals surface area contributed by atoms with Crippen molar-refractivity contribution in [3.05, 3.63) is 58.3 Å². The molecule has 1 aliphatic heterocycles. The maximum absolute atomic E-state index is 10.8. The van der Waals surface area contributed by atoms with Crippen LogP contribution in [0.3, 0.4) is 0 Å². The zero-order chi connectivity index (χ0) is 16.2. The van der Waals surface area contributed by atoms with Gasteiger partial charge in [-0.1, -0.05) is 6.07 Å². The van der Waals surface area contributed by atoms with Gasteiger partial charge in [-0.25, -0.2) is 4.98 Å². The predicted octanol–water partition coefficient (Wildman–Crippen LogP) is 2.19. The lowest BCUT2D eigenvalue weighted by Crippen LogP contribution is -2.47. The van der Waals surface area contributed by atoms with Crippen LogP contribution < -0.4 is 9.80 Å². The normalized spacial score (nSPS) is 14.4. The smallest absolute Gasteiger partial charge is 0.270 e. The van der Waals surface area contributed by atoms with E-state index in [9.17, 15) is 15.4 Å². The molecule has 116 valence electrons. The number of nitrogens with zero attached hydrogens (tertiary/aromatic N) is 5. The van der Waals surface area contributed by atoms with Crippen LogP contribution in [0.4, 0.5) is 17.2 Å². The lowest BCUT2D eigenvalue weighted by Gasteiger charge is -2.37. The minimum absolute atomic E-state index is 0.0579. The fourth-order valence-electron chi connectivity index (χ4n) is 2.72. The Balaban J connectivity index is 1.75. The van der Waals surface area contributed by atoms with Crippen LogP contribution in [0.15, 0.2) is 42.6 Å². The minimum Gasteiger partial charge on any atom is -0.367 e. The van der Waals surface area contributed by atoms with Gasteiger partial charge in [0.05, 0.1) is 16.2 Å². The molecular weight excluding hydrogens is 294 g/mol. The highest BCUT2D eigenvalue weighted by Crippen LogP contribution is 2.26. The van der Waals surface area contributed by atoms with Crippen molar-refractivity contribution >= 4 is 17.2 Å². The van der Waals surface area contributed by atoms with Crippen molar-refractivity contribution in [1.29, 1.82) is 5.26 Å². The van der Waals surface area contributed by atoms with Crippen molar-refractivity contribution in [3.63, 3.8) is 0 Å². The minimum atomic E-state index is -0.483. The van der Waals surface area contributed by atoms with E-state index in [0.717, 1.165) is 37.7 Å². The Morgan fingerprint density at radius 3 is 2.48 bits per heavy atom. The Labute approximate surface area is 133 Å². The van der Waals surface area contributed by atoms with Crippen LogP contribution in [0, 0.1) is 21.4 Å². The molecule has 0 spiro atoms. The molecular formula is C16H15N5O2. The van der Waals surface area contributed by atoms with E-state index in [1.807, 2.05) is 18.2 Å². The fourth-order valence-corrected chi connectivity index (χ4v) is 2.72. The number of nitriles is 1. The first kappa shape index (κ1) is 14.8. The first-order valence-electron chi connectivity index (χ1n) is 7.28. The van der Waals surface area contributed by atoms with Crippen molar-refractivity contribution in [2.45, 2.75) is 0 Å². The molecule has 7 heteroatoms. The van der Waals surface area contributed by atoms with Gasteiger partial charge in [-0.2, -0.15) is 5.26 Å². The average Bonchev–Trinajstić information content (AvgIpc) is 2.62. The summed E-state index contributed by atoms with van der Waals surface area (Å²) in [7, 11) is 0. The number of piperazine rings is 1. The molecule has 1 fully saturated rings. The average molecular weight is 309 g/mol. The molecule has 1 aromatic carbocycles. The van der Waals surface area contributed by atoms with E-state index in [-0.39, 0.29) is 5.69 Å². The largest absolute Gasteiger partial charge is 0.367 e. The molecule has 0 saturated carbocycles. The molecule has 1 aliphatic rings. The lowest BCUT2D eigenvalue weighted by molar-refractivity contribution is -0.384. The zero-order valence-corrected chi connectivity index (χ0v) is 12.4. The summed E-state index contributed by atoms with van der Waals surface area (Å²) in [6.07, 6.45) is 1.77. The van der Waals surface area contributed by atoms with Gasteiger partial charge in [-0.3, -0.25) is 10.1 Å². The Kier molecular flexibility index (Phi) is 4.06. The van der Waals surface area contributed by atoms with Crippen LogP contribution in [-0.2, 0) is 0 Å². The Bertz CT molecular complexity index is 749. The lowest BCUT2D eigenvalue weighted by atomic mass is 10.1. The molecule has 0 bridgehead atoms. The van der Waals surface area contributed by atoms with E-state index in [2.05, 4.69) is 20.9 Å². The maximum Gasteiger partial charge on any atom is 0.270 e. The van der Waals surface area contributed by atoms with Gasteiger partial charge in [-0.05, 0) is 18.2 Å². The molecule has 2 heterocycles. The van der Waals surface area contributed by atoms with E-state index in [1.54, 1.807) is 12.3 Å². The number of pyridine rings is 1. The summed E-state index contributed by atoms with van der Waals surface area (Å²) in [5, 5.41) is 20.1. The molecule has 2 aromatic rings. The Hall–Kier alpha value is -3.14. The highest BCUT2D eigenvalue weighted by atomic mass is 16.6. The topological polar surface area (TPSA) is 86.3 Å². The SMILES string of the molecule is N#Cc1cc([N+](=O)[O-])ccc1N1CCN(c2ccccn2)CC1. The monoisotopic (exact) mass is 309 g/mol. The van der Waals surface area contributed by atoms with Crippen LogP contribution in [0.2, 0.25) is 0 Å². The second-order valence-corrected chi connectivity index (χ2v) is 5.23. The number of benzene rings is 1. The molecule has 0 N–H and O–H groups in total. The van der Waals surface area contributed by atoms with Crippen LogP contribution >= 0.6 is 0 Å². The van der Waals surface area contributed by atoms with E-state index >= 15 is 0 Å². The molecule has 0 radical (unpaired) electrons. The molecule has 0 unspecified atom stereocenters. The number of nitro benzene ring substituents is 1. The fraction of sp³-hybridized carbons (Fsp3) is 0.250. The van der Waals surface area contributed by atoms with Gasteiger partial charge >= 0.3 is 0 Å². The van der Waals surface area contributed by atoms with Gasteiger partial charge in [0.15, 0.2) is 0 Å². The summed E-state index contributed by atoms with van der Waals surface area (Å²) in [4.78, 5) is 19.0. The molecule has 0 aliphatic carbocycles. The predicted molar refractivity (Wildman–Crippen MR) is 86.5 cm³/mol. The van der Waals surface area contributed by atoms with Crippen LogP contribution in [-0.4, -0.2) is 36.1 Å². The number of hydrogen-bond donors (Lipinski definition) is 0. The molecule has 23 heavy (non-hydrogen) atoms. The molecule has 1 saturated heterocycles. The Morgan fingerprint density at radius 2 is 1.87 bits per heavy atom. The summed E-state index contributed by atoms with van der Waals surface area (Å²) in [5.41, 5.74) is 1.03. The highest BCUT2D eigenvalue weighted by molar-refractivity contribution is 5.63. The number of non-ortho nitro benzene ring substituents is 1. The molecule has 1 aromatic heterocycles. The van der Waals surface area contributed by atoms with Gasteiger partial charge in [0.25, 0.3) is 5.69 Å². The summed E-state index contributed by atoms with van der Waals surface area (Å²) in [5.74, 6) is 0.941. The third-order valence-corrected chi connectivity index (χ3v) is 3.91. The van der Waals surface area contributed by atoms with Gasteiger partial charge in [-0.15, -0.1) is 0 Å². The van der Waals surface area contributed by atoms with Gasteiger partial charge in [0.2, 0.25) is 0 Å². The van der Waals surface area contributed by atoms with Crippen molar-refractivity contribution in [2.24, 2.45) is 0 Å². The second kappa shape index (κ2) is 6.32. The first-order chi connectivity index (χ1) is 11.2. The molecule has 0 amide bonds. The number of hydrogen-bond acceptors (Lipinski definition) is 6. The first-order valence-corrected chi connectivity index (χ1v) is 7.28. The quantitative estimate of drug-likeness (QED) is 0.638. The van der Waals surface area contributed by atoms with Gasteiger partial charge in [0.1, 0.15) is 11.9 Å².